The van der Waals surface area contributed by atoms with Crippen molar-refractivity contribution in [2.45, 2.75) is 82.7 Å². The summed E-state index contributed by atoms with van der Waals surface area (Å²) >= 11 is 0. The second-order valence-corrected chi connectivity index (χ2v) is 10.4. The molecule has 0 spiro atoms. The van der Waals surface area contributed by atoms with E-state index >= 15 is 0 Å². The fraction of sp³-hybridized carbons (Fsp3) is 0.536. The van der Waals surface area contributed by atoms with Crippen molar-refractivity contribution in [2.75, 3.05) is 24.3 Å². The third-order valence-corrected chi connectivity index (χ3v) is 7.59. The zero-order valence-corrected chi connectivity index (χ0v) is 21.1. The van der Waals surface area contributed by atoms with Gasteiger partial charge in [0.15, 0.2) is 0 Å². The number of furan rings is 1. The molecule has 2 aliphatic carbocycles. The number of aromatic nitrogens is 2. The lowest BCUT2D eigenvalue weighted by atomic mass is 9.87. The lowest BCUT2D eigenvalue weighted by Gasteiger charge is -2.30. The minimum Gasteiger partial charge on any atom is -0.465 e. The van der Waals surface area contributed by atoms with E-state index in [4.69, 9.17) is 14.4 Å². The highest BCUT2D eigenvalue weighted by molar-refractivity contribution is 5.95. The van der Waals surface area contributed by atoms with Crippen molar-refractivity contribution >= 4 is 28.6 Å². The van der Waals surface area contributed by atoms with Gasteiger partial charge in [-0.2, -0.15) is 4.98 Å². The van der Waals surface area contributed by atoms with Gasteiger partial charge in [0.1, 0.15) is 17.3 Å². The highest BCUT2D eigenvalue weighted by Crippen LogP contribution is 2.35. The van der Waals surface area contributed by atoms with Crippen LogP contribution in [0, 0.1) is 6.92 Å². The average molecular weight is 476 g/mol. The van der Waals surface area contributed by atoms with Crippen LogP contribution in [0.2, 0.25) is 0 Å². The van der Waals surface area contributed by atoms with Crippen molar-refractivity contribution in [3.63, 3.8) is 0 Å². The van der Waals surface area contributed by atoms with Crippen LogP contribution in [0.25, 0.3) is 10.9 Å². The molecule has 7 nitrogen and oxygen atoms in total. The van der Waals surface area contributed by atoms with Gasteiger partial charge in [0.25, 0.3) is 5.91 Å². The van der Waals surface area contributed by atoms with Crippen molar-refractivity contribution in [3.8, 4) is 0 Å². The molecule has 2 aliphatic rings. The van der Waals surface area contributed by atoms with Gasteiger partial charge in [-0.1, -0.05) is 31.4 Å². The van der Waals surface area contributed by atoms with Crippen LogP contribution >= 0.6 is 0 Å². The number of anilines is 2. The Morgan fingerprint density at radius 1 is 0.971 bits per heavy atom. The first-order valence-electron chi connectivity index (χ1n) is 13.1. The average Bonchev–Trinajstić information content (AvgIpc) is 3.27. The Bertz CT molecular complexity index is 1170. The summed E-state index contributed by atoms with van der Waals surface area (Å²) in [5.41, 5.74) is 1.64. The van der Waals surface area contributed by atoms with Gasteiger partial charge in [0.05, 0.1) is 11.1 Å². The largest absolute Gasteiger partial charge is 0.465 e. The number of nitrogens with zero attached hydrogens (tertiary/aromatic N) is 3. The monoisotopic (exact) mass is 475 g/mol. The van der Waals surface area contributed by atoms with Crippen molar-refractivity contribution in [1.29, 1.82) is 0 Å². The minimum absolute atomic E-state index is 0.00166. The molecular formula is C28H37N5O2. The molecule has 0 unspecified atom stereocenters. The van der Waals surface area contributed by atoms with Crippen molar-refractivity contribution in [3.05, 3.63) is 47.4 Å². The number of fused-ring (bicyclic) bond motifs is 1. The SMILES string of the molecule is Cc1oc(C2CCCCC2)cc1C(=O)NC1CCC(Nc2nc(N(C)C)c3ccccc3n2)CC1. The van der Waals surface area contributed by atoms with Crippen LogP contribution in [0.4, 0.5) is 11.8 Å². The van der Waals surface area contributed by atoms with E-state index in [1.165, 1.54) is 32.1 Å². The van der Waals surface area contributed by atoms with Crippen LogP contribution in [0.5, 0.6) is 0 Å². The van der Waals surface area contributed by atoms with E-state index in [0.29, 0.717) is 23.5 Å². The van der Waals surface area contributed by atoms with Gasteiger partial charge >= 0.3 is 0 Å². The van der Waals surface area contributed by atoms with Gasteiger partial charge in [-0.3, -0.25) is 4.79 Å². The maximum atomic E-state index is 13.0. The van der Waals surface area contributed by atoms with E-state index < -0.39 is 0 Å². The van der Waals surface area contributed by atoms with Gasteiger partial charge in [-0.25, -0.2) is 4.98 Å². The Kier molecular flexibility index (Phi) is 6.93. The number of carbonyl (C=O) groups is 1. The predicted molar refractivity (Wildman–Crippen MR) is 140 cm³/mol. The molecule has 2 fully saturated rings. The molecule has 1 aromatic carbocycles. The second kappa shape index (κ2) is 10.3. The third kappa shape index (κ3) is 5.29. The molecule has 0 atom stereocenters. The van der Waals surface area contributed by atoms with E-state index in [1.807, 2.05) is 50.2 Å². The molecule has 0 aliphatic heterocycles. The fourth-order valence-corrected chi connectivity index (χ4v) is 5.61. The second-order valence-electron chi connectivity index (χ2n) is 10.4. The number of aryl methyl sites for hydroxylation is 1. The maximum absolute atomic E-state index is 13.0. The Balaban J connectivity index is 1.18. The van der Waals surface area contributed by atoms with E-state index in [2.05, 4.69) is 16.7 Å². The molecule has 1 amide bonds. The molecule has 5 rings (SSSR count). The molecule has 3 aromatic rings. The summed E-state index contributed by atoms with van der Waals surface area (Å²) in [4.78, 5) is 24.6. The molecule has 7 heteroatoms. The molecule has 2 N–H and O–H groups in total. The number of amides is 1. The predicted octanol–water partition coefficient (Wildman–Crippen LogP) is 5.80. The summed E-state index contributed by atoms with van der Waals surface area (Å²) < 4.78 is 6.02. The molecule has 0 saturated heterocycles. The summed E-state index contributed by atoms with van der Waals surface area (Å²) in [6, 6.07) is 10.6. The number of carbonyl (C=O) groups excluding carboxylic acids is 1. The fourth-order valence-electron chi connectivity index (χ4n) is 5.61. The van der Waals surface area contributed by atoms with Crippen molar-refractivity contribution < 1.29 is 9.21 Å². The molecule has 2 saturated carbocycles. The lowest BCUT2D eigenvalue weighted by molar-refractivity contribution is 0.0925. The molecule has 35 heavy (non-hydrogen) atoms. The molecule has 0 bridgehead atoms. The number of hydrogen-bond acceptors (Lipinski definition) is 6. The van der Waals surface area contributed by atoms with Gasteiger partial charge in [0.2, 0.25) is 5.95 Å². The summed E-state index contributed by atoms with van der Waals surface area (Å²) in [5.74, 6) is 3.79. The third-order valence-electron chi connectivity index (χ3n) is 7.59. The summed E-state index contributed by atoms with van der Waals surface area (Å²) in [7, 11) is 4.01. The van der Waals surface area contributed by atoms with Crippen LogP contribution in [-0.4, -0.2) is 42.1 Å². The Labute approximate surface area is 207 Å². The number of rotatable bonds is 6. The first-order valence-corrected chi connectivity index (χ1v) is 13.1. The topological polar surface area (TPSA) is 83.3 Å². The van der Waals surface area contributed by atoms with E-state index in [-0.39, 0.29) is 11.9 Å². The van der Waals surface area contributed by atoms with Gasteiger partial charge in [-0.15, -0.1) is 0 Å². The lowest BCUT2D eigenvalue weighted by Crippen LogP contribution is -2.40. The van der Waals surface area contributed by atoms with E-state index in [1.54, 1.807) is 0 Å². The maximum Gasteiger partial charge on any atom is 0.255 e. The highest BCUT2D eigenvalue weighted by Gasteiger charge is 2.27. The van der Waals surface area contributed by atoms with Crippen molar-refractivity contribution in [1.82, 2.24) is 15.3 Å². The molecule has 186 valence electrons. The van der Waals surface area contributed by atoms with Crippen LogP contribution in [0.1, 0.15) is 85.6 Å². The summed E-state index contributed by atoms with van der Waals surface area (Å²) in [6.07, 6.45) is 9.96. The zero-order chi connectivity index (χ0) is 24.4. The van der Waals surface area contributed by atoms with Crippen LogP contribution in [0.3, 0.4) is 0 Å². The first kappa shape index (κ1) is 23.6. The summed E-state index contributed by atoms with van der Waals surface area (Å²) in [6.45, 7) is 1.91. The number of benzene rings is 1. The van der Waals surface area contributed by atoms with Gasteiger partial charge < -0.3 is 20.0 Å². The normalized spacial score (nSPS) is 21.1. The zero-order valence-electron chi connectivity index (χ0n) is 21.1. The summed E-state index contributed by atoms with van der Waals surface area (Å²) in [5, 5.41) is 7.86. The van der Waals surface area contributed by atoms with Crippen LogP contribution in [-0.2, 0) is 0 Å². The smallest absolute Gasteiger partial charge is 0.255 e. The quantitative estimate of drug-likeness (QED) is 0.469. The molecule has 0 radical (unpaired) electrons. The number of nitrogens with one attached hydrogen (secondary N) is 2. The minimum atomic E-state index is -0.00166. The van der Waals surface area contributed by atoms with E-state index in [9.17, 15) is 4.79 Å². The van der Waals surface area contributed by atoms with Crippen LogP contribution in [0.15, 0.2) is 34.7 Å². The van der Waals surface area contributed by atoms with Crippen molar-refractivity contribution in [2.24, 2.45) is 0 Å². The molecular weight excluding hydrogens is 438 g/mol. The first-order chi connectivity index (χ1) is 17.0. The molecule has 2 aromatic heterocycles. The number of para-hydroxylation sites is 1. The van der Waals surface area contributed by atoms with E-state index in [0.717, 1.165) is 53.9 Å². The van der Waals surface area contributed by atoms with Gasteiger partial charge in [0, 0.05) is 37.5 Å². The Morgan fingerprint density at radius 3 is 2.43 bits per heavy atom. The van der Waals surface area contributed by atoms with Gasteiger partial charge in [-0.05, 0) is 63.6 Å². The van der Waals surface area contributed by atoms with Crippen LogP contribution < -0.4 is 15.5 Å². The standard InChI is InChI=1S/C28H37N5O2/c1-18-23(17-25(35-18)19-9-5-4-6-10-19)27(34)29-20-13-15-21(16-14-20)30-28-31-24-12-8-7-11-22(24)26(32-28)33(2)3/h7-8,11-12,17,19-21H,4-6,9-10,13-16H2,1-3H3,(H,29,34)(H,30,31,32). The Morgan fingerprint density at radius 2 is 1.69 bits per heavy atom. The Hall–Kier alpha value is -3.09. The number of hydrogen-bond donors (Lipinski definition) is 2. The highest BCUT2D eigenvalue weighted by atomic mass is 16.3. The molecule has 2 heterocycles.